The van der Waals surface area contributed by atoms with E-state index < -0.39 is 0 Å². The monoisotopic (exact) mass is 240 g/mol. The third kappa shape index (κ3) is 3.96. The molecule has 1 saturated heterocycles. The predicted molar refractivity (Wildman–Crippen MR) is 69.9 cm³/mol. The van der Waals surface area contributed by atoms with E-state index in [2.05, 4.69) is 0 Å². The number of hydrogen-bond acceptors (Lipinski definition) is 2. The Morgan fingerprint density at radius 3 is 2.06 bits per heavy atom. The number of ether oxygens (including phenoxy) is 2. The molecule has 0 amide bonds. The van der Waals surface area contributed by atoms with Crippen LogP contribution >= 0.6 is 0 Å². The summed E-state index contributed by atoms with van der Waals surface area (Å²) in [5.74, 6) is 1.43. The van der Waals surface area contributed by atoms with Crippen LogP contribution < -0.4 is 0 Å². The van der Waals surface area contributed by atoms with Crippen molar-refractivity contribution in [3.05, 3.63) is 0 Å². The van der Waals surface area contributed by atoms with Crippen molar-refractivity contribution in [1.29, 1.82) is 0 Å². The van der Waals surface area contributed by atoms with Gasteiger partial charge in [0.25, 0.3) is 0 Å². The van der Waals surface area contributed by atoms with Gasteiger partial charge in [0.15, 0.2) is 6.29 Å². The molecular formula is C15H28O2. The smallest absolute Gasteiger partial charge is 0.160 e. The third-order valence-corrected chi connectivity index (χ3v) is 4.52. The highest BCUT2D eigenvalue weighted by atomic mass is 16.7. The topological polar surface area (TPSA) is 18.5 Å². The maximum absolute atomic E-state index is 5.78. The van der Waals surface area contributed by atoms with E-state index in [-0.39, 0.29) is 6.29 Å². The molecule has 3 atom stereocenters. The van der Waals surface area contributed by atoms with Gasteiger partial charge in [-0.3, -0.25) is 0 Å². The molecule has 1 saturated carbocycles. The summed E-state index contributed by atoms with van der Waals surface area (Å²) in [6, 6.07) is 0. The second-order valence-electron chi connectivity index (χ2n) is 5.77. The van der Waals surface area contributed by atoms with Crippen LogP contribution in [0.4, 0.5) is 0 Å². The van der Waals surface area contributed by atoms with Gasteiger partial charge in [-0.25, -0.2) is 0 Å². The second kappa shape index (κ2) is 7.38. The normalized spacial score (nSPS) is 36.9. The molecule has 0 spiro atoms. The van der Waals surface area contributed by atoms with Gasteiger partial charge in [-0.2, -0.15) is 0 Å². The Bertz CT molecular complexity index is 205. The molecule has 0 aromatic heterocycles. The third-order valence-electron chi connectivity index (χ3n) is 4.52. The molecule has 0 aromatic rings. The number of hydrogen-bond donors (Lipinski definition) is 0. The number of fused-ring (bicyclic) bond motifs is 1. The first-order valence-electron chi connectivity index (χ1n) is 7.56. The van der Waals surface area contributed by atoms with Crippen molar-refractivity contribution in [3.63, 3.8) is 0 Å². The van der Waals surface area contributed by atoms with E-state index in [1.54, 1.807) is 7.11 Å². The Hall–Kier alpha value is -0.0800. The molecule has 0 unspecified atom stereocenters. The average molecular weight is 240 g/mol. The fraction of sp³-hybridized carbons (Fsp3) is 1.00. The zero-order chi connectivity index (χ0) is 11.9. The average Bonchev–Trinajstić information content (AvgIpc) is 2.71. The Kier molecular flexibility index (Phi) is 5.79. The summed E-state index contributed by atoms with van der Waals surface area (Å²) >= 11 is 0. The minimum absolute atomic E-state index is 0.0861. The van der Waals surface area contributed by atoms with Crippen molar-refractivity contribution in [2.24, 2.45) is 11.8 Å². The van der Waals surface area contributed by atoms with Crippen LogP contribution in [-0.2, 0) is 9.47 Å². The van der Waals surface area contributed by atoms with Crippen molar-refractivity contribution in [3.8, 4) is 0 Å². The summed E-state index contributed by atoms with van der Waals surface area (Å²) in [7, 11) is 1.79. The van der Waals surface area contributed by atoms with E-state index in [1.165, 1.54) is 64.2 Å². The van der Waals surface area contributed by atoms with E-state index in [1.807, 2.05) is 0 Å². The molecule has 2 aliphatic rings. The molecule has 2 heteroatoms. The van der Waals surface area contributed by atoms with Crippen molar-refractivity contribution in [1.82, 2.24) is 0 Å². The van der Waals surface area contributed by atoms with Gasteiger partial charge < -0.3 is 9.47 Å². The van der Waals surface area contributed by atoms with Gasteiger partial charge in [0.1, 0.15) is 0 Å². The minimum atomic E-state index is 0.0861. The largest absolute Gasteiger partial charge is 0.356 e. The van der Waals surface area contributed by atoms with Crippen molar-refractivity contribution < 1.29 is 9.47 Å². The zero-order valence-corrected chi connectivity index (χ0v) is 11.3. The molecule has 2 rings (SSSR count). The lowest BCUT2D eigenvalue weighted by atomic mass is 9.85. The number of methoxy groups -OCH3 is 1. The van der Waals surface area contributed by atoms with Gasteiger partial charge >= 0.3 is 0 Å². The van der Waals surface area contributed by atoms with Crippen LogP contribution in [0.25, 0.3) is 0 Å². The highest BCUT2D eigenvalue weighted by molar-refractivity contribution is 4.79. The first kappa shape index (κ1) is 13.4. The molecular weight excluding hydrogens is 212 g/mol. The van der Waals surface area contributed by atoms with Crippen LogP contribution in [0, 0.1) is 11.8 Å². The predicted octanol–water partition coefficient (Wildman–Crippen LogP) is 4.14. The SMILES string of the molecule is CO[C@@H]1OC[C@H]2CCCCCCCCCC[C@H]21. The first-order valence-corrected chi connectivity index (χ1v) is 7.56. The van der Waals surface area contributed by atoms with Gasteiger partial charge in [-0.15, -0.1) is 0 Å². The molecule has 0 bridgehead atoms. The molecule has 0 N–H and O–H groups in total. The van der Waals surface area contributed by atoms with E-state index in [0.29, 0.717) is 5.92 Å². The lowest BCUT2D eigenvalue weighted by Gasteiger charge is -2.22. The lowest BCUT2D eigenvalue weighted by molar-refractivity contribution is -0.111. The van der Waals surface area contributed by atoms with E-state index in [0.717, 1.165) is 12.5 Å². The summed E-state index contributed by atoms with van der Waals surface area (Å²) in [6.45, 7) is 0.934. The van der Waals surface area contributed by atoms with Crippen LogP contribution in [0.3, 0.4) is 0 Å². The van der Waals surface area contributed by atoms with Crippen molar-refractivity contribution >= 4 is 0 Å². The summed E-state index contributed by atoms with van der Waals surface area (Å²) in [5, 5.41) is 0. The molecule has 2 nitrogen and oxygen atoms in total. The Labute approximate surface area is 106 Å². The summed E-state index contributed by atoms with van der Waals surface area (Å²) in [6.07, 6.45) is 14.1. The molecule has 1 aliphatic heterocycles. The zero-order valence-electron chi connectivity index (χ0n) is 11.3. The Morgan fingerprint density at radius 1 is 0.824 bits per heavy atom. The van der Waals surface area contributed by atoms with Crippen molar-refractivity contribution in [2.45, 2.75) is 70.5 Å². The van der Waals surface area contributed by atoms with Gasteiger partial charge in [-0.05, 0) is 18.8 Å². The summed E-state index contributed by atoms with van der Waals surface area (Å²) in [5.41, 5.74) is 0. The maximum atomic E-state index is 5.78. The first-order chi connectivity index (χ1) is 8.42. The van der Waals surface area contributed by atoms with Crippen LogP contribution in [0.5, 0.6) is 0 Å². The Balaban J connectivity index is 1.86. The minimum Gasteiger partial charge on any atom is -0.356 e. The lowest BCUT2D eigenvalue weighted by Crippen LogP contribution is -2.22. The molecule has 1 heterocycles. The fourth-order valence-electron chi connectivity index (χ4n) is 3.45. The van der Waals surface area contributed by atoms with Gasteiger partial charge in [0, 0.05) is 13.0 Å². The summed E-state index contributed by atoms with van der Waals surface area (Å²) < 4.78 is 11.3. The molecule has 100 valence electrons. The van der Waals surface area contributed by atoms with Gasteiger partial charge in [-0.1, -0.05) is 51.4 Å². The Morgan fingerprint density at radius 2 is 1.41 bits per heavy atom. The highest BCUT2D eigenvalue weighted by Gasteiger charge is 2.36. The van der Waals surface area contributed by atoms with Crippen LogP contribution in [0.15, 0.2) is 0 Å². The van der Waals surface area contributed by atoms with Crippen LogP contribution in [0.2, 0.25) is 0 Å². The van der Waals surface area contributed by atoms with Gasteiger partial charge in [0.05, 0.1) is 6.61 Å². The quantitative estimate of drug-likeness (QED) is 0.686. The van der Waals surface area contributed by atoms with Crippen LogP contribution in [0.1, 0.15) is 64.2 Å². The van der Waals surface area contributed by atoms with Gasteiger partial charge in [0.2, 0.25) is 0 Å². The van der Waals surface area contributed by atoms with Crippen molar-refractivity contribution in [2.75, 3.05) is 13.7 Å². The van der Waals surface area contributed by atoms with E-state index in [9.17, 15) is 0 Å². The second-order valence-corrected chi connectivity index (χ2v) is 5.77. The molecule has 2 fully saturated rings. The fourth-order valence-corrected chi connectivity index (χ4v) is 3.45. The standard InChI is InChI=1S/C15H28O2/c1-16-15-14-11-9-7-5-3-2-4-6-8-10-13(14)12-17-15/h13-15H,2-12H2,1H3/t13-,14-,15-/m1/s1. The molecule has 0 radical (unpaired) electrons. The maximum Gasteiger partial charge on any atom is 0.160 e. The number of rotatable bonds is 1. The molecule has 0 aromatic carbocycles. The molecule has 1 aliphatic carbocycles. The van der Waals surface area contributed by atoms with Crippen LogP contribution in [-0.4, -0.2) is 20.0 Å². The summed E-state index contributed by atoms with van der Waals surface area (Å²) in [4.78, 5) is 0. The highest BCUT2D eigenvalue weighted by Crippen LogP contribution is 2.35. The van der Waals surface area contributed by atoms with E-state index >= 15 is 0 Å². The molecule has 17 heavy (non-hydrogen) atoms. The van der Waals surface area contributed by atoms with E-state index in [4.69, 9.17) is 9.47 Å².